The van der Waals surface area contributed by atoms with E-state index in [-0.39, 0.29) is 12.4 Å². The van der Waals surface area contributed by atoms with Crippen molar-refractivity contribution in [3.8, 4) is 5.75 Å². The van der Waals surface area contributed by atoms with Gasteiger partial charge in [0.15, 0.2) is 5.78 Å². The molecule has 1 fully saturated rings. The molecule has 1 aromatic carbocycles. The number of hydrogen-bond donors (Lipinski definition) is 0. The van der Waals surface area contributed by atoms with Crippen LogP contribution in [0, 0.1) is 5.92 Å². The molecular weight excluding hydrogens is 232 g/mol. The molecule has 0 N–H and O–H groups in total. The third-order valence-electron chi connectivity index (χ3n) is 3.00. The summed E-state index contributed by atoms with van der Waals surface area (Å²) in [7, 11) is 1.58. The molecule has 0 aliphatic carbocycles. The van der Waals surface area contributed by atoms with Crippen LogP contribution in [0.15, 0.2) is 24.3 Å². The Morgan fingerprint density at radius 2 is 2.39 bits per heavy atom. The molecule has 1 atom stereocenters. The van der Waals surface area contributed by atoms with Crippen molar-refractivity contribution in [2.75, 3.05) is 33.5 Å². The standard InChI is InChI=1S/C14H18O4/c1-16-13-4-2-3-12(7-13)14(15)10-18-9-11-5-6-17-8-11/h2-4,7,11H,5-6,8-10H2,1H3. The van der Waals surface area contributed by atoms with Gasteiger partial charge >= 0.3 is 0 Å². The summed E-state index contributed by atoms with van der Waals surface area (Å²) < 4.78 is 15.8. The van der Waals surface area contributed by atoms with Gasteiger partial charge in [-0.25, -0.2) is 0 Å². The lowest BCUT2D eigenvalue weighted by Crippen LogP contribution is -2.15. The van der Waals surface area contributed by atoms with E-state index in [4.69, 9.17) is 14.2 Å². The molecule has 1 saturated heterocycles. The van der Waals surface area contributed by atoms with Crippen molar-refractivity contribution < 1.29 is 19.0 Å². The van der Waals surface area contributed by atoms with E-state index < -0.39 is 0 Å². The highest BCUT2D eigenvalue weighted by Gasteiger charge is 2.16. The van der Waals surface area contributed by atoms with Crippen LogP contribution in [0.2, 0.25) is 0 Å². The summed E-state index contributed by atoms with van der Waals surface area (Å²) >= 11 is 0. The van der Waals surface area contributed by atoms with Crippen LogP contribution in [0.3, 0.4) is 0 Å². The number of rotatable bonds is 6. The van der Waals surface area contributed by atoms with Crippen molar-refractivity contribution in [1.29, 1.82) is 0 Å². The second kappa shape index (κ2) is 6.52. The van der Waals surface area contributed by atoms with Crippen molar-refractivity contribution in [2.24, 2.45) is 5.92 Å². The molecule has 1 aliphatic rings. The van der Waals surface area contributed by atoms with E-state index in [1.165, 1.54) is 0 Å². The first-order chi connectivity index (χ1) is 8.79. The minimum absolute atomic E-state index is 0.0205. The Hall–Kier alpha value is -1.39. The fourth-order valence-electron chi connectivity index (χ4n) is 1.91. The van der Waals surface area contributed by atoms with E-state index in [9.17, 15) is 4.79 Å². The molecule has 0 bridgehead atoms. The van der Waals surface area contributed by atoms with Crippen LogP contribution < -0.4 is 4.74 Å². The third kappa shape index (κ3) is 3.55. The first-order valence-corrected chi connectivity index (χ1v) is 6.12. The Balaban J connectivity index is 1.79. The van der Waals surface area contributed by atoms with Crippen molar-refractivity contribution in [2.45, 2.75) is 6.42 Å². The smallest absolute Gasteiger partial charge is 0.188 e. The lowest BCUT2D eigenvalue weighted by atomic mass is 10.1. The van der Waals surface area contributed by atoms with Crippen LogP contribution in [0.1, 0.15) is 16.8 Å². The number of Topliss-reactive ketones (excluding diaryl/α,β-unsaturated/α-hetero) is 1. The second-order valence-electron chi connectivity index (χ2n) is 4.40. The van der Waals surface area contributed by atoms with E-state index >= 15 is 0 Å². The fraction of sp³-hybridized carbons (Fsp3) is 0.500. The van der Waals surface area contributed by atoms with E-state index in [0.717, 1.165) is 19.6 Å². The quantitative estimate of drug-likeness (QED) is 0.724. The zero-order valence-electron chi connectivity index (χ0n) is 10.6. The lowest BCUT2D eigenvalue weighted by Gasteiger charge is -2.08. The molecule has 0 aromatic heterocycles. The average molecular weight is 250 g/mol. The maximum atomic E-state index is 11.9. The molecule has 98 valence electrons. The molecule has 0 spiro atoms. The van der Waals surface area contributed by atoms with E-state index in [1.54, 1.807) is 25.3 Å². The first-order valence-electron chi connectivity index (χ1n) is 6.12. The lowest BCUT2D eigenvalue weighted by molar-refractivity contribution is 0.0651. The summed E-state index contributed by atoms with van der Waals surface area (Å²) in [5.74, 6) is 1.10. The van der Waals surface area contributed by atoms with Gasteiger partial charge in [-0.05, 0) is 18.6 Å². The molecule has 1 aliphatic heterocycles. The van der Waals surface area contributed by atoms with Crippen molar-refractivity contribution in [3.63, 3.8) is 0 Å². The van der Waals surface area contributed by atoms with Gasteiger partial charge in [-0.2, -0.15) is 0 Å². The second-order valence-corrected chi connectivity index (χ2v) is 4.40. The molecule has 0 radical (unpaired) electrons. The third-order valence-corrected chi connectivity index (χ3v) is 3.00. The Kier molecular flexibility index (Phi) is 4.73. The number of hydrogen-bond acceptors (Lipinski definition) is 4. The predicted octanol–water partition coefficient (Wildman–Crippen LogP) is 1.93. The van der Waals surface area contributed by atoms with Crippen LogP contribution in [0.25, 0.3) is 0 Å². The molecule has 0 amide bonds. The highest BCUT2D eigenvalue weighted by atomic mass is 16.5. The van der Waals surface area contributed by atoms with Gasteiger partial charge in [-0.1, -0.05) is 12.1 Å². The van der Waals surface area contributed by atoms with Gasteiger partial charge in [0, 0.05) is 18.1 Å². The molecule has 1 heterocycles. The van der Waals surface area contributed by atoms with Gasteiger partial charge in [-0.15, -0.1) is 0 Å². The molecule has 4 heteroatoms. The Morgan fingerprint density at radius 1 is 1.50 bits per heavy atom. The molecule has 2 rings (SSSR count). The van der Waals surface area contributed by atoms with Gasteiger partial charge in [-0.3, -0.25) is 4.79 Å². The summed E-state index contributed by atoms with van der Waals surface area (Å²) in [5, 5.41) is 0. The molecule has 1 unspecified atom stereocenters. The zero-order valence-corrected chi connectivity index (χ0v) is 10.6. The fourth-order valence-corrected chi connectivity index (χ4v) is 1.91. The van der Waals surface area contributed by atoms with Gasteiger partial charge < -0.3 is 14.2 Å². The SMILES string of the molecule is COc1cccc(C(=O)COCC2CCOC2)c1. The van der Waals surface area contributed by atoms with Gasteiger partial charge in [0.05, 0.1) is 20.3 Å². The molecule has 4 nitrogen and oxygen atoms in total. The number of methoxy groups -OCH3 is 1. The number of ether oxygens (including phenoxy) is 3. The van der Waals surface area contributed by atoms with Crippen LogP contribution in [-0.2, 0) is 9.47 Å². The normalized spacial score (nSPS) is 18.8. The number of carbonyl (C=O) groups is 1. The number of benzene rings is 1. The number of ketones is 1. The van der Waals surface area contributed by atoms with Gasteiger partial charge in [0.25, 0.3) is 0 Å². The zero-order chi connectivity index (χ0) is 12.8. The summed E-state index contributed by atoms with van der Waals surface area (Å²) in [6.45, 7) is 2.25. The predicted molar refractivity (Wildman–Crippen MR) is 67.1 cm³/mol. The summed E-state index contributed by atoms with van der Waals surface area (Å²) in [5.41, 5.74) is 0.622. The maximum Gasteiger partial charge on any atom is 0.188 e. The van der Waals surface area contributed by atoms with Crippen LogP contribution in [0.5, 0.6) is 5.75 Å². The van der Waals surface area contributed by atoms with Crippen LogP contribution in [0.4, 0.5) is 0 Å². The summed E-state index contributed by atoms with van der Waals surface area (Å²) in [6.07, 6.45) is 1.02. The molecule has 18 heavy (non-hydrogen) atoms. The minimum Gasteiger partial charge on any atom is -0.497 e. The molecule has 0 saturated carbocycles. The van der Waals surface area contributed by atoms with Crippen LogP contribution in [-0.4, -0.2) is 39.3 Å². The van der Waals surface area contributed by atoms with Crippen LogP contribution >= 0.6 is 0 Å². The molecular formula is C14H18O4. The van der Waals surface area contributed by atoms with Gasteiger partial charge in [0.2, 0.25) is 0 Å². The van der Waals surface area contributed by atoms with E-state index in [0.29, 0.717) is 23.8 Å². The van der Waals surface area contributed by atoms with Gasteiger partial charge in [0.1, 0.15) is 12.4 Å². The van der Waals surface area contributed by atoms with Crippen molar-refractivity contribution >= 4 is 5.78 Å². The van der Waals surface area contributed by atoms with E-state index in [2.05, 4.69) is 0 Å². The minimum atomic E-state index is -0.0205. The summed E-state index contributed by atoms with van der Waals surface area (Å²) in [6, 6.07) is 7.11. The average Bonchev–Trinajstić information content (AvgIpc) is 2.92. The Bertz CT molecular complexity index is 397. The summed E-state index contributed by atoms with van der Waals surface area (Å²) in [4.78, 5) is 11.9. The Morgan fingerprint density at radius 3 is 3.11 bits per heavy atom. The molecule has 1 aromatic rings. The highest BCUT2D eigenvalue weighted by molar-refractivity contribution is 5.97. The van der Waals surface area contributed by atoms with E-state index in [1.807, 2.05) is 6.07 Å². The Labute approximate surface area is 107 Å². The van der Waals surface area contributed by atoms with Crippen molar-refractivity contribution in [3.05, 3.63) is 29.8 Å². The first kappa shape index (κ1) is 13.1. The highest BCUT2D eigenvalue weighted by Crippen LogP contribution is 2.14. The monoisotopic (exact) mass is 250 g/mol. The number of carbonyl (C=O) groups excluding carboxylic acids is 1. The largest absolute Gasteiger partial charge is 0.497 e. The topological polar surface area (TPSA) is 44.8 Å². The maximum absolute atomic E-state index is 11.9. The van der Waals surface area contributed by atoms with Crippen molar-refractivity contribution in [1.82, 2.24) is 0 Å².